The van der Waals surface area contributed by atoms with Crippen LogP contribution in [0.25, 0.3) is 0 Å². The molecule has 0 amide bonds. The average molecular weight is 255 g/mol. The van der Waals surface area contributed by atoms with Gasteiger partial charge in [0, 0.05) is 11.1 Å². The molecule has 17 heavy (non-hydrogen) atoms. The molecule has 0 bridgehead atoms. The van der Waals surface area contributed by atoms with Gasteiger partial charge in [-0.05, 0) is 35.4 Å². The number of hydrogen-bond donors (Lipinski definition) is 1. The standard InChI is InChI=1S/C13H9ClF2O/c14-10-3-1-8(2-4-10)13(17)9-5-11(15)7-12(16)6-9/h1-7,13,17H/t13-/m1/s1. The molecule has 0 aliphatic carbocycles. The SMILES string of the molecule is O[C@H](c1ccc(Cl)cc1)c1cc(F)cc(F)c1. The maximum Gasteiger partial charge on any atom is 0.126 e. The topological polar surface area (TPSA) is 20.2 Å². The second kappa shape index (κ2) is 4.82. The molecule has 0 aliphatic rings. The van der Waals surface area contributed by atoms with E-state index in [0.717, 1.165) is 18.2 Å². The summed E-state index contributed by atoms with van der Waals surface area (Å²) in [6.45, 7) is 0. The number of benzene rings is 2. The van der Waals surface area contributed by atoms with Crippen molar-refractivity contribution in [1.82, 2.24) is 0 Å². The normalized spacial score (nSPS) is 12.5. The molecule has 2 aromatic rings. The summed E-state index contributed by atoms with van der Waals surface area (Å²) in [5.41, 5.74) is 0.698. The lowest BCUT2D eigenvalue weighted by Crippen LogP contribution is -2.00. The first-order valence-corrected chi connectivity index (χ1v) is 5.33. The van der Waals surface area contributed by atoms with Crippen molar-refractivity contribution in [3.05, 3.63) is 70.2 Å². The van der Waals surface area contributed by atoms with E-state index in [-0.39, 0.29) is 5.56 Å². The third-order valence-corrected chi connectivity index (χ3v) is 2.64. The zero-order valence-corrected chi connectivity index (χ0v) is 9.46. The smallest absolute Gasteiger partial charge is 0.126 e. The molecule has 0 radical (unpaired) electrons. The van der Waals surface area contributed by atoms with Crippen LogP contribution in [0.2, 0.25) is 5.02 Å². The zero-order chi connectivity index (χ0) is 12.4. The fourth-order valence-corrected chi connectivity index (χ4v) is 1.70. The van der Waals surface area contributed by atoms with Gasteiger partial charge in [-0.3, -0.25) is 0 Å². The van der Waals surface area contributed by atoms with E-state index < -0.39 is 17.7 Å². The molecule has 0 aromatic heterocycles. The molecule has 0 spiro atoms. The van der Waals surface area contributed by atoms with Gasteiger partial charge >= 0.3 is 0 Å². The fourth-order valence-electron chi connectivity index (χ4n) is 1.57. The lowest BCUT2D eigenvalue weighted by molar-refractivity contribution is 0.219. The van der Waals surface area contributed by atoms with E-state index in [9.17, 15) is 13.9 Å². The maximum absolute atomic E-state index is 13.0. The molecule has 0 heterocycles. The highest BCUT2D eigenvalue weighted by atomic mass is 35.5. The first-order chi connectivity index (χ1) is 8.06. The van der Waals surface area contributed by atoms with Crippen molar-refractivity contribution in [2.45, 2.75) is 6.10 Å². The van der Waals surface area contributed by atoms with Crippen LogP contribution in [0.15, 0.2) is 42.5 Å². The molecular formula is C13H9ClF2O. The average Bonchev–Trinajstić information content (AvgIpc) is 2.28. The highest BCUT2D eigenvalue weighted by molar-refractivity contribution is 6.30. The molecule has 1 atom stereocenters. The van der Waals surface area contributed by atoms with Crippen LogP contribution in [0.4, 0.5) is 8.78 Å². The molecule has 2 rings (SSSR count). The second-order valence-corrected chi connectivity index (χ2v) is 4.09. The summed E-state index contributed by atoms with van der Waals surface area (Å²) in [5, 5.41) is 10.5. The Morgan fingerprint density at radius 1 is 0.882 bits per heavy atom. The molecule has 0 saturated carbocycles. The Hall–Kier alpha value is -1.45. The van der Waals surface area contributed by atoms with E-state index in [2.05, 4.69) is 0 Å². The number of halogens is 3. The van der Waals surface area contributed by atoms with Gasteiger partial charge in [0.15, 0.2) is 0 Å². The minimum Gasteiger partial charge on any atom is -0.384 e. The summed E-state index contributed by atoms with van der Waals surface area (Å²) in [6.07, 6.45) is -1.07. The summed E-state index contributed by atoms with van der Waals surface area (Å²) in [7, 11) is 0. The van der Waals surface area contributed by atoms with Crippen LogP contribution in [-0.4, -0.2) is 5.11 Å². The molecule has 0 unspecified atom stereocenters. The summed E-state index contributed by atoms with van der Waals surface area (Å²) in [4.78, 5) is 0. The van der Waals surface area contributed by atoms with Crippen LogP contribution in [0.1, 0.15) is 17.2 Å². The maximum atomic E-state index is 13.0. The van der Waals surface area contributed by atoms with Crippen LogP contribution < -0.4 is 0 Å². The van der Waals surface area contributed by atoms with Gasteiger partial charge in [0.25, 0.3) is 0 Å². The predicted molar refractivity (Wildman–Crippen MR) is 61.9 cm³/mol. The van der Waals surface area contributed by atoms with E-state index >= 15 is 0 Å². The quantitative estimate of drug-likeness (QED) is 0.866. The van der Waals surface area contributed by atoms with Gasteiger partial charge in [0.1, 0.15) is 17.7 Å². The Balaban J connectivity index is 2.36. The number of aliphatic hydroxyl groups is 1. The minimum absolute atomic E-state index is 0.171. The minimum atomic E-state index is -1.07. The van der Waals surface area contributed by atoms with Gasteiger partial charge in [-0.2, -0.15) is 0 Å². The van der Waals surface area contributed by atoms with Gasteiger partial charge in [-0.25, -0.2) is 8.78 Å². The first-order valence-electron chi connectivity index (χ1n) is 4.96. The molecule has 88 valence electrons. The summed E-state index contributed by atoms with van der Waals surface area (Å²) < 4.78 is 26.0. The Bertz CT molecular complexity index is 505. The van der Waals surface area contributed by atoms with Crippen LogP contribution >= 0.6 is 11.6 Å². The highest BCUT2D eigenvalue weighted by Gasteiger charge is 2.12. The van der Waals surface area contributed by atoms with E-state index in [4.69, 9.17) is 11.6 Å². The van der Waals surface area contributed by atoms with Crippen molar-refractivity contribution in [2.24, 2.45) is 0 Å². The van der Waals surface area contributed by atoms with Crippen molar-refractivity contribution in [3.63, 3.8) is 0 Å². The van der Waals surface area contributed by atoms with Crippen molar-refractivity contribution in [2.75, 3.05) is 0 Å². The lowest BCUT2D eigenvalue weighted by Gasteiger charge is -2.11. The van der Waals surface area contributed by atoms with Crippen molar-refractivity contribution in [1.29, 1.82) is 0 Å². The third-order valence-electron chi connectivity index (χ3n) is 2.39. The van der Waals surface area contributed by atoms with Crippen molar-refractivity contribution in [3.8, 4) is 0 Å². The predicted octanol–water partition coefficient (Wildman–Crippen LogP) is 3.70. The van der Waals surface area contributed by atoms with Crippen LogP contribution in [0.5, 0.6) is 0 Å². The lowest BCUT2D eigenvalue weighted by atomic mass is 10.0. The Kier molecular flexibility index (Phi) is 3.41. The zero-order valence-electron chi connectivity index (χ0n) is 8.70. The van der Waals surface area contributed by atoms with Crippen LogP contribution in [0.3, 0.4) is 0 Å². The van der Waals surface area contributed by atoms with Crippen LogP contribution in [0, 0.1) is 11.6 Å². The molecule has 0 saturated heterocycles. The summed E-state index contributed by atoms with van der Waals surface area (Å²) in [6, 6.07) is 9.39. The Morgan fingerprint density at radius 3 is 1.94 bits per heavy atom. The Labute approximate surface area is 102 Å². The van der Waals surface area contributed by atoms with Crippen molar-refractivity contribution >= 4 is 11.6 Å². The summed E-state index contributed by atoms with van der Waals surface area (Å²) >= 11 is 5.71. The fraction of sp³-hybridized carbons (Fsp3) is 0.0769. The number of hydrogen-bond acceptors (Lipinski definition) is 1. The van der Waals surface area contributed by atoms with Gasteiger partial charge in [0.05, 0.1) is 0 Å². The molecule has 2 aromatic carbocycles. The van der Waals surface area contributed by atoms with E-state index in [1.54, 1.807) is 24.3 Å². The van der Waals surface area contributed by atoms with E-state index in [1.807, 2.05) is 0 Å². The third kappa shape index (κ3) is 2.81. The van der Waals surface area contributed by atoms with Gasteiger partial charge in [0.2, 0.25) is 0 Å². The first kappa shape index (κ1) is 12.0. The van der Waals surface area contributed by atoms with Gasteiger partial charge < -0.3 is 5.11 Å². The van der Waals surface area contributed by atoms with Gasteiger partial charge in [-0.1, -0.05) is 23.7 Å². The molecule has 1 nitrogen and oxygen atoms in total. The van der Waals surface area contributed by atoms with E-state index in [0.29, 0.717) is 10.6 Å². The molecular weight excluding hydrogens is 246 g/mol. The number of rotatable bonds is 2. The van der Waals surface area contributed by atoms with Gasteiger partial charge in [-0.15, -0.1) is 0 Å². The molecule has 0 fully saturated rings. The number of aliphatic hydroxyl groups excluding tert-OH is 1. The van der Waals surface area contributed by atoms with Crippen molar-refractivity contribution < 1.29 is 13.9 Å². The second-order valence-electron chi connectivity index (χ2n) is 3.66. The van der Waals surface area contributed by atoms with Crippen LogP contribution in [-0.2, 0) is 0 Å². The van der Waals surface area contributed by atoms with E-state index in [1.165, 1.54) is 0 Å². The summed E-state index contributed by atoms with van der Waals surface area (Å²) in [5.74, 6) is -1.43. The Morgan fingerprint density at radius 2 is 1.41 bits per heavy atom. The molecule has 4 heteroatoms. The largest absolute Gasteiger partial charge is 0.384 e. The molecule has 1 N–H and O–H groups in total. The molecule has 0 aliphatic heterocycles. The highest BCUT2D eigenvalue weighted by Crippen LogP contribution is 2.24. The monoisotopic (exact) mass is 254 g/mol.